The van der Waals surface area contributed by atoms with Crippen molar-refractivity contribution < 1.29 is 17.7 Å². The summed E-state index contributed by atoms with van der Waals surface area (Å²) in [6.45, 7) is 3.89. The lowest BCUT2D eigenvalue weighted by Crippen LogP contribution is -2.23. The Bertz CT molecular complexity index is 142. The second-order valence-electron chi connectivity index (χ2n) is 2.32. The Balaban J connectivity index is 0.000000261. The molecule has 0 spiro atoms. The molecule has 70 valence electrons. The molecule has 0 aromatic heterocycles. The van der Waals surface area contributed by atoms with E-state index < -0.39 is 7.54 Å². The van der Waals surface area contributed by atoms with Crippen LogP contribution in [-0.2, 0) is 4.79 Å². The number of hydrogen-bond acceptors (Lipinski definition) is 1. The molecular weight excluding hydrogens is 170 g/mol. The number of rotatable bonds is 1. The molecule has 0 aromatic rings. The predicted octanol–water partition coefficient (Wildman–Crippen LogP) is 1.51. The zero-order valence-corrected chi connectivity index (χ0v) is 6.90. The van der Waals surface area contributed by atoms with Crippen LogP contribution in [0.1, 0.15) is 19.8 Å². The van der Waals surface area contributed by atoms with Crippen LogP contribution in [0.2, 0.25) is 0 Å². The highest BCUT2D eigenvalue weighted by atomic mass is 19.4. The van der Waals surface area contributed by atoms with Gasteiger partial charge in [0.25, 0.3) is 0 Å². The van der Waals surface area contributed by atoms with E-state index in [-0.39, 0.29) is 0 Å². The van der Waals surface area contributed by atoms with E-state index in [0.29, 0.717) is 5.91 Å². The minimum absolute atomic E-state index is 0.326. The monoisotopic (exact) mass is 181 g/mol. The standard InChI is InChI=1S/C6H11NO.BF3/c1-2-7-5-3-4-6(7)8;2-1(3)4/h2-5H2,1H3;. The first kappa shape index (κ1) is 11.3. The molecule has 1 aliphatic rings. The van der Waals surface area contributed by atoms with E-state index in [2.05, 4.69) is 0 Å². The predicted molar refractivity (Wildman–Crippen MR) is 40.6 cm³/mol. The van der Waals surface area contributed by atoms with Gasteiger partial charge in [-0.2, -0.15) is 0 Å². The second kappa shape index (κ2) is 5.91. The van der Waals surface area contributed by atoms with Gasteiger partial charge in [0.05, 0.1) is 0 Å². The quantitative estimate of drug-likeness (QED) is 0.561. The average Bonchev–Trinajstić information content (AvgIpc) is 2.33. The van der Waals surface area contributed by atoms with Gasteiger partial charge in [0.15, 0.2) is 0 Å². The van der Waals surface area contributed by atoms with E-state index in [1.807, 2.05) is 11.8 Å². The van der Waals surface area contributed by atoms with Crippen LogP contribution in [0, 0.1) is 0 Å². The largest absolute Gasteiger partial charge is 0.762 e. The van der Waals surface area contributed by atoms with Crippen molar-refractivity contribution in [3.05, 3.63) is 0 Å². The van der Waals surface area contributed by atoms with Crippen molar-refractivity contribution in [2.24, 2.45) is 0 Å². The summed E-state index contributed by atoms with van der Waals surface area (Å²) in [6.07, 6.45) is 1.83. The summed E-state index contributed by atoms with van der Waals surface area (Å²) < 4.78 is 29.0. The lowest BCUT2D eigenvalue weighted by Gasteiger charge is -2.10. The van der Waals surface area contributed by atoms with Crippen molar-refractivity contribution in [2.45, 2.75) is 19.8 Å². The van der Waals surface area contributed by atoms with Crippen LogP contribution < -0.4 is 0 Å². The molecule has 1 aliphatic heterocycles. The number of carbonyl (C=O) groups is 1. The maximum Gasteiger partial charge on any atom is 0.762 e. The molecule has 0 unspecified atom stereocenters. The Morgan fingerprint density at radius 1 is 1.50 bits per heavy atom. The molecular formula is C6H11BF3NO. The molecule has 0 radical (unpaired) electrons. The van der Waals surface area contributed by atoms with E-state index in [1.165, 1.54) is 0 Å². The molecule has 0 aromatic carbocycles. The molecule has 0 bridgehead atoms. The Hall–Kier alpha value is -0.675. The van der Waals surface area contributed by atoms with Crippen molar-refractivity contribution in [1.82, 2.24) is 4.90 Å². The van der Waals surface area contributed by atoms with Crippen LogP contribution in [0.15, 0.2) is 0 Å². The lowest BCUT2D eigenvalue weighted by molar-refractivity contribution is -0.127. The lowest BCUT2D eigenvalue weighted by atomic mass is 10.4. The van der Waals surface area contributed by atoms with E-state index in [0.717, 1.165) is 25.9 Å². The van der Waals surface area contributed by atoms with Gasteiger partial charge in [0.2, 0.25) is 5.91 Å². The Kier molecular flexibility index (Phi) is 5.58. The normalized spacial score (nSPS) is 15.7. The molecule has 0 atom stereocenters. The van der Waals surface area contributed by atoms with E-state index in [9.17, 15) is 17.7 Å². The van der Waals surface area contributed by atoms with Crippen LogP contribution in [0.4, 0.5) is 12.9 Å². The first-order valence-corrected chi connectivity index (χ1v) is 3.78. The van der Waals surface area contributed by atoms with Gasteiger partial charge in [-0.05, 0) is 13.3 Å². The molecule has 12 heavy (non-hydrogen) atoms. The number of likely N-dealkylation sites (tertiary alicyclic amines) is 1. The highest BCUT2D eigenvalue weighted by Crippen LogP contribution is 2.07. The Labute approximate surface area is 70.0 Å². The fourth-order valence-electron chi connectivity index (χ4n) is 1.04. The van der Waals surface area contributed by atoms with Gasteiger partial charge in [0, 0.05) is 19.5 Å². The van der Waals surface area contributed by atoms with E-state index in [4.69, 9.17) is 0 Å². The van der Waals surface area contributed by atoms with Crippen LogP contribution in [0.5, 0.6) is 0 Å². The first-order chi connectivity index (χ1) is 5.57. The van der Waals surface area contributed by atoms with Crippen molar-refractivity contribution in [3.8, 4) is 0 Å². The van der Waals surface area contributed by atoms with Crippen LogP contribution in [0.3, 0.4) is 0 Å². The van der Waals surface area contributed by atoms with Crippen molar-refractivity contribution in [3.63, 3.8) is 0 Å². The van der Waals surface area contributed by atoms with E-state index in [1.54, 1.807) is 0 Å². The number of amides is 1. The van der Waals surface area contributed by atoms with Crippen LogP contribution in [-0.4, -0.2) is 31.4 Å². The molecule has 0 saturated carbocycles. The van der Waals surface area contributed by atoms with Crippen molar-refractivity contribution >= 4 is 13.5 Å². The molecule has 0 aliphatic carbocycles. The molecule has 1 rings (SSSR count). The molecule has 6 heteroatoms. The third-order valence-electron chi connectivity index (χ3n) is 1.55. The zero-order chi connectivity index (χ0) is 9.56. The fraction of sp³-hybridized carbons (Fsp3) is 0.833. The van der Waals surface area contributed by atoms with Crippen LogP contribution >= 0.6 is 0 Å². The molecule has 0 N–H and O–H groups in total. The first-order valence-electron chi connectivity index (χ1n) is 3.78. The summed E-state index contributed by atoms with van der Waals surface area (Å²) in [5.41, 5.74) is 0. The minimum atomic E-state index is -3.67. The van der Waals surface area contributed by atoms with E-state index >= 15 is 0 Å². The van der Waals surface area contributed by atoms with Gasteiger partial charge >= 0.3 is 7.54 Å². The summed E-state index contributed by atoms with van der Waals surface area (Å²) in [7, 11) is -3.67. The second-order valence-corrected chi connectivity index (χ2v) is 2.32. The summed E-state index contributed by atoms with van der Waals surface area (Å²) in [5.74, 6) is 0.326. The van der Waals surface area contributed by atoms with Gasteiger partial charge in [-0.25, -0.2) is 0 Å². The van der Waals surface area contributed by atoms with Gasteiger partial charge in [0.1, 0.15) is 0 Å². The third kappa shape index (κ3) is 5.04. The highest BCUT2D eigenvalue weighted by molar-refractivity contribution is 6.33. The maximum atomic E-state index is 10.7. The fourth-order valence-corrected chi connectivity index (χ4v) is 1.04. The highest BCUT2D eigenvalue weighted by Gasteiger charge is 2.16. The average molecular weight is 181 g/mol. The number of hydrogen-bond donors (Lipinski definition) is 0. The van der Waals surface area contributed by atoms with Gasteiger partial charge in [-0.3, -0.25) is 17.7 Å². The molecule has 1 saturated heterocycles. The van der Waals surface area contributed by atoms with Crippen molar-refractivity contribution in [2.75, 3.05) is 13.1 Å². The summed E-state index contributed by atoms with van der Waals surface area (Å²) in [6, 6.07) is 0. The Morgan fingerprint density at radius 3 is 2.17 bits per heavy atom. The van der Waals surface area contributed by atoms with Crippen molar-refractivity contribution in [1.29, 1.82) is 0 Å². The smallest absolute Gasteiger partial charge is 0.343 e. The number of nitrogens with zero attached hydrogens (tertiary/aromatic N) is 1. The molecule has 1 heterocycles. The summed E-state index contributed by atoms with van der Waals surface area (Å²) >= 11 is 0. The van der Waals surface area contributed by atoms with Gasteiger partial charge in [-0.15, -0.1) is 0 Å². The maximum absolute atomic E-state index is 10.7. The van der Waals surface area contributed by atoms with Crippen LogP contribution in [0.25, 0.3) is 0 Å². The Morgan fingerprint density at radius 2 is 2.00 bits per heavy atom. The molecule has 1 amide bonds. The third-order valence-corrected chi connectivity index (χ3v) is 1.55. The zero-order valence-electron chi connectivity index (χ0n) is 6.90. The SMILES string of the molecule is CCN1CCCC1=O.FB(F)F. The minimum Gasteiger partial charge on any atom is -0.343 e. The summed E-state index contributed by atoms with van der Waals surface area (Å²) in [4.78, 5) is 12.6. The number of carbonyl (C=O) groups excluding carboxylic acids is 1. The summed E-state index contributed by atoms with van der Waals surface area (Å²) in [5, 5.41) is 0. The van der Waals surface area contributed by atoms with Gasteiger partial charge in [-0.1, -0.05) is 0 Å². The molecule has 1 fully saturated rings. The molecule has 2 nitrogen and oxygen atoms in total. The van der Waals surface area contributed by atoms with Gasteiger partial charge < -0.3 is 4.90 Å². The topological polar surface area (TPSA) is 20.3 Å². The number of halogens is 3.